The molecule has 1 aliphatic heterocycles. The van der Waals surface area contributed by atoms with E-state index in [1.165, 1.54) is 5.56 Å². The van der Waals surface area contributed by atoms with Crippen molar-refractivity contribution in [3.05, 3.63) is 69.4 Å². The number of H-pyrrole nitrogens is 1. The van der Waals surface area contributed by atoms with Crippen LogP contribution in [-0.4, -0.2) is 34.3 Å². The molecular formula is C23H27N3O3S. The number of fused-ring (bicyclic) bond motifs is 1. The van der Waals surface area contributed by atoms with Gasteiger partial charge in [-0.2, -0.15) is 0 Å². The number of nitrogens with zero attached hydrogens (tertiary/aromatic N) is 1. The Labute approximate surface area is 181 Å². The van der Waals surface area contributed by atoms with Gasteiger partial charge in [-0.1, -0.05) is 0 Å². The topological polar surface area (TPSA) is 70.5 Å². The molecule has 0 aliphatic carbocycles. The highest BCUT2D eigenvalue weighted by Crippen LogP contribution is 2.18. The molecule has 0 bridgehead atoms. The van der Waals surface area contributed by atoms with Crippen LogP contribution in [0.25, 0.3) is 10.9 Å². The number of rotatable bonds is 6. The molecule has 0 radical (unpaired) electrons. The third-order valence-electron chi connectivity index (χ3n) is 5.62. The molecule has 7 heteroatoms. The average molecular weight is 426 g/mol. The summed E-state index contributed by atoms with van der Waals surface area (Å²) in [4.78, 5) is 17.7. The lowest BCUT2D eigenvalue weighted by molar-refractivity contribution is 0.113. The zero-order valence-electron chi connectivity index (χ0n) is 17.4. The fourth-order valence-corrected chi connectivity index (χ4v) is 3.97. The lowest BCUT2D eigenvalue weighted by Gasteiger charge is -2.26. The lowest BCUT2D eigenvalue weighted by atomic mass is 10.0. The van der Waals surface area contributed by atoms with Crippen LogP contribution in [0.5, 0.6) is 0 Å². The number of hydrogen-bond donors (Lipinski definition) is 2. The van der Waals surface area contributed by atoms with E-state index in [0.29, 0.717) is 30.3 Å². The Morgan fingerprint density at radius 2 is 2.10 bits per heavy atom. The average Bonchev–Trinajstić information content (AvgIpc) is 3.42. The molecule has 3 heterocycles. The molecule has 0 amide bonds. The number of furan rings is 1. The van der Waals surface area contributed by atoms with Gasteiger partial charge in [0.05, 0.1) is 25.5 Å². The normalized spacial score (nSPS) is 16.1. The van der Waals surface area contributed by atoms with Gasteiger partial charge >= 0.3 is 0 Å². The zero-order valence-corrected chi connectivity index (χ0v) is 18.2. The molecule has 1 fully saturated rings. The molecule has 0 saturated carbocycles. The first-order valence-corrected chi connectivity index (χ1v) is 10.7. The zero-order chi connectivity index (χ0) is 21.1. The molecule has 6 nitrogen and oxygen atoms in total. The third-order valence-corrected chi connectivity index (χ3v) is 6.02. The number of aryl methyl sites for hydroxylation is 2. The molecule has 30 heavy (non-hydrogen) atoms. The number of benzene rings is 1. The summed E-state index contributed by atoms with van der Waals surface area (Å²) >= 11 is 5.66. The van der Waals surface area contributed by atoms with Gasteiger partial charge in [-0.3, -0.25) is 4.79 Å². The smallest absolute Gasteiger partial charge is 0.253 e. The van der Waals surface area contributed by atoms with E-state index in [9.17, 15) is 4.79 Å². The summed E-state index contributed by atoms with van der Waals surface area (Å²) in [6, 6.07) is 9.84. The number of pyridine rings is 1. The van der Waals surface area contributed by atoms with Gasteiger partial charge < -0.3 is 24.4 Å². The molecule has 2 N–H and O–H groups in total. The van der Waals surface area contributed by atoms with Crippen molar-refractivity contribution in [1.82, 2.24) is 15.2 Å². The summed E-state index contributed by atoms with van der Waals surface area (Å²) in [6.07, 6.45) is 3.95. The van der Waals surface area contributed by atoms with Crippen molar-refractivity contribution in [2.45, 2.75) is 45.9 Å². The van der Waals surface area contributed by atoms with Crippen molar-refractivity contribution in [2.75, 3.05) is 13.2 Å². The van der Waals surface area contributed by atoms with Crippen LogP contribution >= 0.6 is 12.2 Å². The molecular weight excluding hydrogens is 398 g/mol. The van der Waals surface area contributed by atoms with Crippen molar-refractivity contribution in [3.8, 4) is 0 Å². The van der Waals surface area contributed by atoms with Gasteiger partial charge in [0.25, 0.3) is 5.56 Å². The number of aromatic nitrogens is 1. The first-order chi connectivity index (χ1) is 14.5. The summed E-state index contributed by atoms with van der Waals surface area (Å²) in [5.74, 6) is 0.792. The minimum Gasteiger partial charge on any atom is -0.467 e. The molecule has 1 saturated heterocycles. The molecule has 2 aromatic heterocycles. The highest BCUT2D eigenvalue weighted by molar-refractivity contribution is 7.80. The Morgan fingerprint density at radius 3 is 2.83 bits per heavy atom. The Hall–Kier alpha value is -2.64. The summed E-state index contributed by atoms with van der Waals surface area (Å²) < 4.78 is 11.2. The number of ether oxygens (including phenoxy) is 1. The number of hydrogen-bond acceptors (Lipinski definition) is 4. The molecule has 158 valence electrons. The Bertz CT molecular complexity index is 1090. The molecule has 3 aromatic rings. The van der Waals surface area contributed by atoms with E-state index in [-0.39, 0.29) is 11.7 Å². The van der Waals surface area contributed by atoms with Crippen LogP contribution < -0.4 is 10.9 Å². The standard InChI is InChI=1S/C23H27N3O3S/c1-15-9-17-11-18(22(27)25-21(17)10-16(15)2)13-26(14-20-6-4-8-29-20)23(30)24-12-19-5-3-7-28-19/h4,6,8-11,19H,3,5,7,12-14H2,1-2H3,(H,24,30)(H,25,27)/t19-/m1/s1. The van der Waals surface area contributed by atoms with E-state index >= 15 is 0 Å². The molecule has 1 atom stereocenters. The van der Waals surface area contributed by atoms with Crippen LogP contribution in [0, 0.1) is 13.8 Å². The monoisotopic (exact) mass is 425 g/mol. The lowest BCUT2D eigenvalue weighted by Crippen LogP contribution is -2.42. The maximum atomic E-state index is 12.8. The predicted octanol–water partition coefficient (Wildman–Crippen LogP) is 3.79. The molecule has 1 aromatic carbocycles. The Kier molecular flexibility index (Phi) is 6.20. The van der Waals surface area contributed by atoms with E-state index in [1.54, 1.807) is 6.26 Å². The van der Waals surface area contributed by atoms with Crippen LogP contribution in [0.2, 0.25) is 0 Å². The first-order valence-electron chi connectivity index (χ1n) is 10.3. The number of nitrogens with one attached hydrogen (secondary N) is 2. The minimum absolute atomic E-state index is 0.0999. The Morgan fingerprint density at radius 1 is 1.27 bits per heavy atom. The van der Waals surface area contributed by atoms with Crippen molar-refractivity contribution in [2.24, 2.45) is 0 Å². The van der Waals surface area contributed by atoms with Gasteiger partial charge in [0.1, 0.15) is 5.76 Å². The first kappa shape index (κ1) is 20.6. The highest BCUT2D eigenvalue weighted by atomic mass is 32.1. The van der Waals surface area contributed by atoms with Crippen LogP contribution in [0.1, 0.15) is 35.3 Å². The number of aromatic amines is 1. The second-order valence-electron chi connectivity index (χ2n) is 7.90. The van der Waals surface area contributed by atoms with E-state index in [1.807, 2.05) is 36.1 Å². The fraction of sp³-hybridized carbons (Fsp3) is 0.391. The van der Waals surface area contributed by atoms with Crippen LogP contribution in [-0.2, 0) is 17.8 Å². The van der Waals surface area contributed by atoms with Crippen LogP contribution in [0.15, 0.2) is 45.8 Å². The third kappa shape index (κ3) is 4.74. The summed E-state index contributed by atoms with van der Waals surface area (Å²) in [5.41, 5.74) is 3.77. The van der Waals surface area contributed by atoms with Crippen molar-refractivity contribution < 1.29 is 9.15 Å². The van der Waals surface area contributed by atoms with E-state index < -0.39 is 0 Å². The summed E-state index contributed by atoms with van der Waals surface area (Å²) in [6.45, 7) is 6.46. The van der Waals surface area contributed by atoms with Gasteiger partial charge in [-0.25, -0.2) is 0 Å². The molecule has 0 spiro atoms. The van der Waals surface area contributed by atoms with Crippen LogP contribution in [0.3, 0.4) is 0 Å². The minimum atomic E-state index is -0.0999. The van der Waals surface area contributed by atoms with Gasteiger partial charge in [-0.15, -0.1) is 0 Å². The second-order valence-corrected chi connectivity index (χ2v) is 8.29. The highest BCUT2D eigenvalue weighted by Gasteiger charge is 2.19. The van der Waals surface area contributed by atoms with Crippen LogP contribution in [0.4, 0.5) is 0 Å². The maximum absolute atomic E-state index is 12.8. The predicted molar refractivity (Wildman–Crippen MR) is 122 cm³/mol. The van der Waals surface area contributed by atoms with Gasteiger partial charge in [0.2, 0.25) is 0 Å². The largest absolute Gasteiger partial charge is 0.467 e. The van der Waals surface area contributed by atoms with Gasteiger partial charge in [0, 0.05) is 24.2 Å². The molecule has 4 rings (SSSR count). The summed E-state index contributed by atoms with van der Waals surface area (Å²) in [5, 5.41) is 4.91. The van der Waals surface area contributed by atoms with Crippen molar-refractivity contribution in [1.29, 1.82) is 0 Å². The Balaban J connectivity index is 1.57. The van der Waals surface area contributed by atoms with Crippen molar-refractivity contribution >= 4 is 28.2 Å². The van der Waals surface area contributed by atoms with E-state index in [2.05, 4.69) is 23.3 Å². The fourth-order valence-electron chi connectivity index (χ4n) is 3.75. The van der Waals surface area contributed by atoms with Crippen molar-refractivity contribution in [3.63, 3.8) is 0 Å². The maximum Gasteiger partial charge on any atom is 0.253 e. The quantitative estimate of drug-likeness (QED) is 0.586. The number of thiocarbonyl (C=S) groups is 1. The second kappa shape index (κ2) is 9.02. The molecule has 1 aliphatic rings. The van der Waals surface area contributed by atoms with E-state index in [4.69, 9.17) is 21.4 Å². The van der Waals surface area contributed by atoms with Gasteiger partial charge in [0.15, 0.2) is 5.11 Å². The SMILES string of the molecule is Cc1cc2cc(CN(Cc3ccco3)C(=S)NC[C@H]3CCCO3)c(=O)[nH]c2cc1C. The van der Waals surface area contributed by atoms with E-state index in [0.717, 1.165) is 41.7 Å². The molecule has 0 unspecified atom stereocenters. The van der Waals surface area contributed by atoms with Gasteiger partial charge in [-0.05, 0) is 85.8 Å². The summed E-state index contributed by atoms with van der Waals surface area (Å²) in [7, 11) is 0.